The van der Waals surface area contributed by atoms with Gasteiger partial charge in [0.25, 0.3) is 0 Å². The molecule has 0 radical (unpaired) electrons. The van der Waals surface area contributed by atoms with E-state index in [2.05, 4.69) is 15.1 Å². The summed E-state index contributed by atoms with van der Waals surface area (Å²) in [4.78, 5) is 8.67. The molecule has 1 saturated carbocycles. The van der Waals surface area contributed by atoms with E-state index >= 15 is 0 Å². The molecule has 0 atom stereocenters. The van der Waals surface area contributed by atoms with Crippen LogP contribution in [-0.4, -0.2) is 28.8 Å². The minimum absolute atomic E-state index is 0.125. The normalized spacial score (nSPS) is 17.4. The number of methoxy groups -OCH3 is 1. The predicted octanol–water partition coefficient (Wildman–Crippen LogP) is 2.59. The Kier molecular flexibility index (Phi) is 4.38. The van der Waals surface area contributed by atoms with Gasteiger partial charge < -0.3 is 15.0 Å². The van der Waals surface area contributed by atoms with Crippen LogP contribution in [0, 0.1) is 5.41 Å². The van der Waals surface area contributed by atoms with Crippen molar-refractivity contribution in [1.29, 1.82) is 0 Å². The zero-order valence-corrected chi connectivity index (χ0v) is 12.9. The fourth-order valence-corrected chi connectivity index (χ4v) is 3.15. The Morgan fingerprint density at radius 2 is 2.09 bits per heavy atom. The summed E-state index contributed by atoms with van der Waals surface area (Å²) in [6, 6.07) is 3.66. The van der Waals surface area contributed by atoms with Gasteiger partial charge in [0.2, 0.25) is 17.6 Å². The van der Waals surface area contributed by atoms with E-state index in [1.54, 1.807) is 19.4 Å². The van der Waals surface area contributed by atoms with E-state index in [9.17, 15) is 0 Å². The average molecular weight is 302 g/mol. The molecule has 0 amide bonds. The molecule has 0 bridgehead atoms. The molecule has 118 valence electrons. The van der Waals surface area contributed by atoms with Crippen LogP contribution >= 0.6 is 0 Å². The van der Waals surface area contributed by atoms with E-state index in [1.807, 2.05) is 6.07 Å². The number of aromatic nitrogens is 3. The van der Waals surface area contributed by atoms with Gasteiger partial charge in [0.1, 0.15) is 0 Å². The van der Waals surface area contributed by atoms with Crippen molar-refractivity contribution >= 4 is 0 Å². The van der Waals surface area contributed by atoms with Gasteiger partial charge >= 0.3 is 0 Å². The van der Waals surface area contributed by atoms with Gasteiger partial charge in [-0.1, -0.05) is 24.4 Å². The Balaban J connectivity index is 1.75. The van der Waals surface area contributed by atoms with Gasteiger partial charge in [-0.05, 0) is 30.9 Å². The summed E-state index contributed by atoms with van der Waals surface area (Å²) in [6.07, 6.45) is 8.51. The molecule has 0 aromatic carbocycles. The number of hydrogen-bond acceptors (Lipinski definition) is 6. The topological polar surface area (TPSA) is 87.1 Å². The molecule has 6 nitrogen and oxygen atoms in total. The molecule has 0 aliphatic heterocycles. The Morgan fingerprint density at radius 1 is 1.27 bits per heavy atom. The van der Waals surface area contributed by atoms with Gasteiger partial charge in [0, 0.05) is 24.2 Å². The van der Waals surface area contributed by atoms with Gasteiger partial charge in [0.15, 0.2) is 0 Å². The van der Waals surface area contributed by atoms with E-state index in [1.165, 1.54) is 19.3 Å². The number of rotatable bonds is 5. The molecule has 22 heavy (non-hydrogen) atoms. The lowest BCUT2D eigenvalue weighted by Gasteiger charge is -2.34. The molecule has 2 aromatic rings. The Hall–Kier alpha value is -1.95. The van der Waals surface area contributed by atoms with Gasteiger partial charge in [-0.3, -0.25) is 0 Å². The lowest BCUT2D eigenvalue weighted by molar-refractivity contribution is 0.177. The second-order valence-electron chi connectivity index (χ2n) is 6.04. The van der Waals surface area contributed by atoms with E-state index in [-0.39, 0.29) is 5.41 Å². The van der Waals surface area contributed by atoms with Gasteiger partial charge in [-0.25, -0.2) is 4.98 Å². The van der Waals surface area contributed by atoms with E-state index in [4.69, 9.17) is 15.0 Å². The van der Waals surface area contributed by atoms with Crippen molar-refractivity contribution in [3.63, 3.8) is 0 Å². The Labute approximate surface area is 130 Å². The van der Waals surface area contributed by atoms with E-state index < -0.39 is 0 Å². The van der Waals surface area contributed by atoms with Crippen LogP contribution in [0.5, 0.6) is 5.88 Å². The third-order valence-corrected chi connectivity index (χ3v) is 4.55. The molecule has 2 aromatic heterocycles. The third-order valence-electron chi connectivity index (χ3n) is 4.55. The first-order valence-corrected chi connectivity index (χ1v) is 7.78. The summed E-state index contributed by atoms with van der Waals surface area (Å²) < 4.78 is 10.5. The molecule has 2 N–H and O–H groups in total. The maximum Gasteiger partial charge on any atom is 0.227 e. The molecule has 0 saturated heterocycles. The third kappa shape index (κ3) is 3.11. The summed E-state index contributed by atoms with van der Waals surface area (Å²) in [6.45, 7) is 0.675. The zero-order chi connectivity index (χ0) is 15.4. The van der Waals surface area contributed by atoms with Crippen molar-refractivity contribution < 1.29 is 9.26 Å². The average Bonchev–Trinajstić information content (AvgIpc) is 3.04. The van der Waals surface area contributed by atoms with Crippen LogP contribution in [0.3, 0.4) is 0 Å². The fourth-order valence-electron chi connectivity index (χ4n) is 3.15. The molecule has 1 fully saturated rings. The summed E-state index contributed by atoms with van der Waals surface area (Å²) in [5.74, 6) is 1.79. The van der Waals surface area contributed by atoms with Crippen LogP contribution in [0.2, 0.25) is 0 Å². The summed E-state index contributed by atoms with van der Waals surface area (Å²) >= 11 is 0. The molecule has 2 heterocycles. The molecular formula is C16H22N4O2. The number of nitrogens with two attached hydrogens (primary N) is 1. The predicted molar refractivity (Wildman–Crippen MR) is 82.4 cm³/mol. The maximum atomic E-state index is 6.02. The highest BCUT2D eigenvalue weighted by Gasteiger charge is 2.33. The zero-order valence-electron chi connectivity index (χ0n) is 12.9. The number of hydrogen-bond donors (Lipinski definition) is 1. The van der Waals surface area contributed by atoms with Crippen molar-refractivity contribution in [2.45, 2.75) is 38.5 Å². The van der Waals surface area contributed by atoms with Crippen LogP contribution in [0.1, 0.15) is 38.0 Å². The minimum Gasteiger partial charge on any atom is -0.481 e. The van der Waals surface area contributed by atoms with Crippen molar-refractivity contribution in [1.82, 2.24) is 15.1 Å². The number of nitrogens with zero attached hydrogens (tertiary/aromatic N) is 3. The number of pyridine rings is 1. The van der Waals surface area contributed by atoms with Gasteiger partial charge in [-0.15, -0.1) is 0 Å². The van der Waals surface area contributed by atoms with E-state index in [0.717, 1.165) is 24.8 Å². The maximum absolute atomic E-state index is 6.02. The largest absolute Gasteiger partial charge is 0.481 e. The van der Waals surface area contributed by atoms with Crippen molar-refractivity contribution in [3.8, 4) is 17.3 Å². The lowest BCUT2D eigenvalue weighted by atomic mass is 9.72. The second-order valence-corrected chi connectivity index (χ2v) is 6.04. The van der Waals surface area contributed by atoms with Crippen LogP contribution < -0.4 is 10.5 Å². The molecule has 3 rings (SSSR count). The summed E-state index contributed by atoms with van der Waals surface area (Å²) in [5.41, 5.74) is 6.97. The molecule has 0 spiro atoms. The first kappa shape index (κ1) is 15.0. The monoisotopic (exact) mass is 302 g/mol. The summed E-state index contributed by atoms with van der Waals surface area (Å²) in [7, 11) is 1.59. The molecule has 0 unspecified atom stereocenters. The standard InChI is InChI=1S/C16H22N4O2/c1-21-13-6-5-12(10-18-13)15-19-14(22-20-15)9-16(11-17)7-3-2-4-8-16/h5-6,10H,2-4,7-9,11,17H2,1H3. The lowest BCUT2D eigenvalue weighted by Crippen LogP contribution is -2.35. The fraction of sp³-hybridized carbons (Fsp3) is 0.562. The van der Waals surface area contributed by atoms with Gasteiger partial charge in [-0.2, -0.15) is 4.98 Å². The minimum atomic E-state index is 0.125. The highest BCUT2D eigenvalue weighted by Crippen LogP contribution is 2.38. The molecule has 6 heteroatoms. The van der Waals surface area contributed by atoms with Crippen molar-refractivity contribution in [3.05, 3.63) is 24.2 Å². The van der Waals surface area contributed by atoms with E-state index in [0.29, 0.717) is 24.1 Å². The molecule has 1 aliphatic carbocycles. The Morgan fingerprint density at radius 3 is 2.73 bits per heavy atom. The molecular weight excluding hydrogens is 280 g/mol. The van der Waals surface area contributed by atoms with Crippen LogP contribution in [0.25, 0.3) is 11.4 Å². The smallest absolute Gasteiger partial charge is 0.227 e. The first-order valence-electron chi connectivity index (χ1n) is 7.78. The highest BCUT2D eigenvalue weighted by molar-refractivity contribution is 5.53. The molecule has 1 aliphatic rings. The van der Waals surface area contributed by atoms with Crippen molar-refractivity contribution in [2.75, 3.05) is 13.7 Å². The van der Waals surface area contributed by atoms with Crippen LogP contribution in [0.4, 0.5) is 0 Å². The Bertz CT molecular complexity index is 603. The van der Waals surface area contributed by atoms with Crippen LogP contribution in [-0.2, 0) is 6.42 Å². The van der Waals surface area contributed by atoms with Crippen molar-refractivity contribution in [2.24, 2.45) is 11.1 Å². The number of ether oxygens (including phenoxy) is 1. The first-order chi connectivity index (χ1) is 10.7. The van der Waals surface area contributed by atoms with Crippen LogP contribution in [0.15, 0.2) is 22.9 Å². The highest BCUT2D eigenvalue weighted by atomic mass is 16.5. The SMILES string of the molecule is COc1ccc(-c2noc(CC3(CN)CCCCC3)n2)cn1. The quantitative estimate of drug-likeness (QED) is 0.913. The summed E-state index contributed by atoms with van der Waals surface area (Å²) in [5, 5.41) is 4.07. The van der Waals surface area contributed by atoms with Gasteiger partial charge in [0.05, 0.1) is 7.11 Å². The second kappa shape index (κ2) is 6.44.